The van der Waals surface area contributed by atoms with E-state index in [0.717, 1.165) is 64.2 Å². The van der Waals surface area contributed by atoms with Crippen LogP contribution in [0.25, 0.3) is 10.4 Å². The van der Waals surface area contributed by atoms with Gasteiger partial charge in [-0.3, -0.25) is 14.1 Å². The number of unbranched alkanes of at least 4 members (excludes halogenated alkanes) is 12. The molecule has 17 nitrogen and oxygen atoms in total. The fourth-order valence-electron chi connectivity index (χ4n) is 4.80. The highest BCUT2D eigenvalue weighted by atomic mass is 32.2. The molecule has 1 unspecified atom stereocenters. The van der Waals surface area contributed by atoms with Crippen molar-refractivity contribution in [1.82, 2.24) is 10.6 Å². The van der Waals surface area contributed by atoms with Gasteiger partial charge in [0.1, 0.15) is 6.04 Å². The van der Waals surface area contributed by atoms with E-state index >= 15 is 0 Å². The Hall–Kier alpha value is -2.57. The van der Waals surface area contributed by atoms with Crippen molar-refractivity contribution in [3.63, 3.8) is 0 Å². The zero-order chi connectivity index (χ0) is 37.7. The summed E-state index contributed by atoms with van der Waals surface area (Å²) in [5, 5.41) is 18.0. The predicted molar refractivity (Wildman–Crippen MR) is 191 cm³/mol. The highest BCUT2D eigenvalue weighted by Crippen LogP contribution is 2.13. The van der Waals surface area contributed by atoms with Gasteiger partial charge in [-0.15, -0.1) is 0 Å². The average molecular weight is 754 g/mol. The summed E-state index contributed by atoms with van der Waals surface area (Å²) in [7, 11) is -3.84. The van der Waals surface area contributed by atoms with E-state index in [1.165, 1.54) is 6.42 Å². The van der Waals surface area contributed by atoms with Gasteiger partial charge < -0.3 is 39.4 Å². The first kappa shape index (κ1) is 48.4. The van der Waals surface area contributed by atoms with Gasteiger partial charge in [0.2, 0.25) is 11.8 Å². The van der Waals surface area contributed by atoms with Crippen LogP contribution in [0.2, 0.25) is 0 Å². The maximum Gasteiger partial charge on any atom is 0.326 e. The number of hydrogen-bond donors (Lipinski definition) is 4. The molecule has 0 rings (SSSR count). The number of carboxylic acids is 1. The maximum atomic E-state index is 12.3. The van der Waals surface area contributed by atoms with E-state index in [-0.39, 0.29) is 50.0 Å². The third kappa shape index (κ3) is 38.5. The zero-order valence-corrected chi connectivity index (χ0v) is 31.1. The molecule has 18 heteroatoms. The summed E-state index contributed by atoms with van der Waals surface area (Å²) in [6.45, 7) is 4.46. The van der Waals surface area contributed by atoms with Gasteiger partial charge in [-0.05, 0) is 24.8 Å². The van der Waals surface area contributed by atoms with E-state index in [9.17, 15) is 27.9 Å². The number of nitrogens with zero attached hydrogens (tertiary/aromatic N) is 3. The molecule has 51 heavy (non-hydrogen) atoms. The minimum Gasteiger partial charge on any atom is -0.480 e. The molecule has 0 saturated carbocycles. The zero-order valence-electron chi connectivity index (χ0n) is 30.3. The molecule has 0 radical (unpaired) electrons. The molecule has 0 aliphatic carbocycles. The van der Waals surface area contributed by atoms with Gasteiger partial charge in [0.15, 0.2) is 0 Å². The second kappa shape index (κ2) is 35.8. The number of ether oxygens (including phenoxy) is 5. The quantitative estimate of drug-likeness (QED) is 0.0227. The van der Waals surface area contributed by atoms with Crippen LogP contribution in [0.5, 0.6) is 0 Å². The molecule has 0 fully saturated rings. The monoisotopic (exact) mass is 753 g/mol. The van der Waals surface area contributed by atoms with Crippen LogP contribution >= 0.6 is 0 Å². The fourth-order valence-corrected chi connectivity index (χ4v) is 5.37. The Labute approximate surface area is 303 Å². The van der Waals surface area contributed by atoms with Crippen LogP contribution < -0.4 is 10.6 Å². The van der Waals surface area contributed by atoms with Crippen LogP contribution in [0.15, 0.2) is 5.11 Å². The summed E-state index contributed by atoms with van der Waals surface area (Å²) in [5.41, 5.74) is 8.14. The van der Waals surface area contributed by atoms with Crippen LogP contribution in [0.1, 0.15) is 103 Å². The second-order valence-electron chi connectivity index (χ2n) is 12.0. The number of carbonyl (C=O) groups excluding carboxylic acids is 2. The molecule has 298 valence electrons. The molecule has 1 atom stereocenters. The highest BCUT2D eigenvalue weighted by Gasteiger charge is 2.20. The Kier molecular flexibility index (Phi) is 34.0. The largest absolute Gasteiger partial charge is 0.480 e. The number of amides is 2. The molecule has 0 aromatic heterocycles. The lowest BCUT2D eigenvalue weighted by Gasteiger charge is -2.14. The number of rotatable bonds is 39. The standard InChI is InChI=1S/C33H63N5O12S/c34-38-36-18-20-47-22-24-49-26-28-50-27-25-48-23-21-46-19-17-35-31(39)16-15-30(33(41)42)37-32(40)14-12-10-8-6-4-2-1-3-5-7-9-11-13-29-51(43,44)45/h30H,1-29H2,(H,35,39)(H,37,40)(H,41,42)(H,43,44,45). The van der Waals surface area contributed by atoms with E-state index in [1.54, 1.807) is 0 Å². The van der Waals surface area contributed by atoms with Crippen molar-refractivity contribution in [2.24, 2.45) is 5.11 Å². The van der Waals surface area contributed by atoms with E-state index in [4.69, 9.17) is 33.8 Å². The molecule has 0 spiro atoms. The minimum atomic E-state index is -3.84. The summed E-state index contributed by atoms with van der Waals surface area (Å²) in [5.74, 6) is -1.96. The Morgan fingerprint density at radius 1 is 0.627 bits per heavy atom. The van der Waals surface area contributed by atoms with E-state index in [1.807, 2.05) is 0 Å². The van der Waals surface area contributed by atoms with Crippen molar-refractivity contribution < 1.29 is 56.1 Å². The van der Waals surface area contributed by atoms with Gasteiger partial charge in [-0.25, -0.2) is 4.79 Å². The Morgan fingerprint density at radius 3 is 1.51 bits per heavy atom. The molecule has 0 aliphatic heterocycles. The van der Waals surface area contributed by atoms with Gasteiger partial charge in [0.05, 0.1) is 71.8 Å². The molecule has 0 saturated heterocycles. The summed E-state index contributed by atoms with van der Waals surface area (Å²) < 4.78 is 56.8. The third-order valence-corrected chi connectivity index (χ3v) is 8.36. The number of hydrogen-bond acceptors (Lipinski definition) is 11. The molecule has 2 amide bonds. The van der Waals surface area contributed by atoms with Crippen LogP contribution in [0, 0.1) is 0 Å². The van der Waals surface area contributed by atoms with Crippen LogP contribution in [-0.4, -0.2) is 127 Å². The van der Waals surface area contributed by atoms with E-state index < -0.39 is 22.1 Å². The first-order chi connectivity index (χ1) is 24.7. The number of carbonyl (C=O) groups is 3. The lowest BCUT2D eigenvalue weighted by atomic mass is 10.0. The smallest absolute Gasteiger partial charge is 0.326 e. The molecule has 4 N–H and O–H groups in total. The number of nitrogens with one attached hydrogen (secondary N) is 2. The van der Waals surface area contributed by atoms with E-state index in [0.29, 0.717) is 78.8 Å². The van der Waals surface area contributed by atoms with Crippen molar-refractivity contribution in [1.29, 1.82) is 0 Å². The first-order valence-corrected chi connectivity index (χ1v) is 19.9. The van der Waals surface area contributed by atoms with Crippen molar-refractivity contribution in [3.8, 4) is 0 Å². The molecular formula is C33H63N5O12S. The first-order valence-electron chi connectivity index (χ1n) is 18.3. The summed E-state index contributed by atoms with van der Waals surface area (Å²) in [4.78, 5) is 38.6. The van der Waals surface area contributed by atoms with Crippen molar-refractivity contribution in [3.05, 3.63) is 10.4 Å². The van der Waals surface area contributed by atoms with Gasteiger partial charge in [-0.1, -0.05) is 75.7 Å². The number of carboxylic acid groups (broad SMARTS) is 1. The molecule has 0 aromatic carbocycles. The Bertz CT molecular complexity index is 1030. The summed E-state index contributed by atoms with van der Waals surface area (Å²) >= 11 is 0. The molecule has 0 aromatic rings. The molecule has 0 bridgehead atoms. The van der Waals surface area contributed by atoms with E-state index in [2.05, 4.69) is 20.7 Å². The molecular weight excluding hydrogens is 690 g/mol. The number of azide groups is 1. The second-order valence-corrected chi connectivity index (χ2v) is 13.6. The number of aliphatic carboxylic acids is 1. The van der Waals surface area contributed by atoms with Gasteiger partial charge in [-0.2, -0.15) is 8.42 Å². The average Bonchev–Trinajstić information content (AvgIpc) is 3.08. The van der Waals surface area contributed by atoms with Crippen molar-refractivity contribution >= 4 is 27.9 Å². The normalized spacial score (nSPS) is 11.9. The maximum absolute atomic E-state index is 12.3. The van der Waals surface area contributed by atoms with Gasteiger partial charge >= 0.3 is 5.97 Å². The van der Waals surface area contributed by atoms with Crippen LogP contribution in [-0.2, 0) is 48.2 Å². The fraction of sp³-hybridized carbons (Fsp3) is 0.909. The Morgan fingerprint density at radius 2 is 1.06 bits per heavy atom. The molecule has 0 aliphatic rings. The van der Waals surface area contributed by atoms with Gasteiger partial charge in [0, 0.05) is 30.8 Å². The van der Waals surface area contributed by atoms with Crippen molar-refractivity contribution in [2.45, 2.75) is 109 Å². The van der Waals surface area contributed by atoms with Crippen LogP contribution in [0.3, 0.4) is 0 Å². The lowest BCUT2D eigenvalue weighted by Crippen LogP contribution is -2.41. The summed E-state index contributed by atoms with van der Waals surface area (Å²) in [6.07, 6.45) is 13.1. The third-order valence-electron chi connectivity index (χ3n) is 7.55. The SMILES string of the molecule is [N-]=[N+]=NCCOCCOCCOCCOCCOCCNC(=O)CCC(NC(=O)CCCCCCCCCCCCCCCS(=O)(=O)O)C(=O)O. The molecule has 0 heterocycles. The predicted octanol–water partition coefficient (Wildman–Crippen LogP) is 4.19. The van der Waals surface area contributed by atoms with Gasteiger partial charge in [0.25, 0.3) is 10.1 Å². The lowest BCUT2D eigenvalue weighted by molar-refractivity contribution is -0.142. The minimum absolute atomic E-state index is 0.00159. The topological polar surface area (TPSA) is 245 Å². The summed E-state index contributed by atoms with van der Waals surface area (Å²) in [6, 6.07) is -1.12. The highest BCUT2D eigenvalue weighted by molar-refractivity contribution is 7.85. The van der Waals surface area contributed by atoms with Crippen LogP contribution in [0.4, 0.5) is 0 Å². The van der Waals surface area contributed by atoms with Crippen molar-refractivity contribution in [2.75, 3.05) is 84.9 Å². The Balaban J connectivity index is 3.59.